The molecule has 4 rings (SSSR count). The zero-order valence-electron chi connectivity index (χ0n) is 12.3. The number of fused-ring (bicyclic) bond motifs is 3. The van der Waals surface area contributed by atoms with E-state index in [2.05, 4.69) is 15.0 Å². The van der Waals surface area contributed by atoms with E-state index < -0.39 is 0 Å². The van der Waals surface area contributed by atoms with E-state index in [-0.39, 0.29) is 5.75 Å². The van der Waals surface area contributed by atoms with E-state index in [0.717, 1.165) is 16.2 Å². The molecule has 0 spiro atoms. The Kier molecular flexibility index (Phi) is 2.80. The number of nitrogens with zero attached hydrogens (tertiary/aromatic N) is 4. The van der Waals surface area contributed by atoms with Crippen LogP contribution in [0.25, 0.3) is 27.5 Å². The summed E-state index contributed by atoms with van der Waals surface area (Å²) in [7, 11) is 1.51. The third-order valence-corrected chi connectivity index (χ3v) is 3.76. The van der Waals surface area contributed by atoms with Crippen molar-refractivity contribution in [3.63, 3.8) is 0 Å². The predicted octanol–water partition coefficient (Wildman–Crippen LogP) is 2.27. The highest BCUT2D eigenvalue weighted by atomic mass is 16.5. The van der Waals surface area contributed by atoms with Crippen molar-refractivity contribution in [1.82, 2.24) is 19.5 Å². The molecule has 0 aliphatic rings. The zero-order chi connectivity index (χ0) is 16.0. The first-order valence-electron chi connectivity index (χ1n) is 6.91. The molecule has 3 aromatic heterocycles. The molecule has 0 saturated heterocycles. The van der Waals surface area contributed by atoms with E-state index in [1.165, 1.54) is 7.11 Å². The fraction of sp³-hybridized carbons (Fsp3) is 0.0625. The van der Waals surface area contributed by atoms with Crippen LogP contribution in [0.15, 0.2) is 43.1 Å². The number of aromatic hydroxyl groups is 1. The molecule has 7 heteroatoms. The van der Waals surface area contributed by atoms with Gasteiger partial charge in [-0.1, -0.05) is 0 Å². The topological polar surface area (TPSA) is 99.1 Å². The third-order valence-electron chi connectivity index (χ3n) is 3.76. The summed E-state index contributed by atoms with van der Waals surface area (Å²) in [5.41, 5.74) is 6.74. The molecule has 0 radical (unpaired) electrons. The van der Waals surface area contributed by atoms with Crippen molar-refractivity contribution in [3.8, 4) is 17.3 Å². The molecule has 0 saturated carbocycles. The monoisotopic (exact) mass is 307 g/mol. The summed E-state index contributed by atoms with van der Waals surface area (Å²) in [6.07, 6.45) is 6.78. The van der Waals surface area contributed by atoms with Gasteiger partial charge in [0.1, 0.15) is 18.0 Å². The molecule has 114 valence electrons. The predicted molar refractivity (Wildman–Crippen MR) is 86.8 cm³/mol. The number of imidazole rings is 1. The number of rotatable bonds is 2. The SMILES string of the molecule is COc1cc2c(cc1O)ncc1c(N)nc(-n3ccnc3)cc12. The molecule has 23 heavy (non-hydrogen) atoms. The van der Waals surface area contributed by atoms with Gasteiger partial charge in [0, 0.05) is 40.8 Å². The number of hydrogen-bond acceptors (Lipinski definition) is 6. The Morgan fingerprint density at radius 1 is 1.17 bits per heavy atom. The fourth-order valence-corrected chi connectivity index (χ4v) is 2.62. The molecule has 3 N–H and O–H groups in total. The maximum Gasteiger partial charge on any atom is 0.161 e. The van der Waals surface area contributed by atoms with Crippen LogP contribution >= 0.6 is 0 Å². The van der Waals surface area contributed by atoms with Gasteiger partial charge in [-0.2, -0.15) is 0 Å². The number of pyridine rings is 2. The minimum absolute atomic E-state index is 0.0451. The molecule has 0 bridgehead atoms. The van der Waals surface area contributed by atoms with Gasteiger partial charge >= 0.3 is 0 Å². The molecular weight excluding hydrogens is 294 g/mol. The summed E-state index contributed by atoms with van der Waals surface area (Å²) in [4.78, 5) is 12.8. The second-order valence-electron chi connectivity index (χ2n) is 5.10. The summed E-state index contributed by atoms with van der Waals surface area (Å²) in [6, 6.07) is 5.23. The Morgan fingerprint density at radius 3 is 2.78 bits per heavy atom. The van der Waals surface area contributed by atoms with Crippen LogP contribution in [0.4, 0.5) is 5.82 Å². The van der Waals surface area contributed by atoms with E-state index in [1.54, 1.807) is 41.6 Å². The molecule has 0 aliphatic heterocycles. The maximum atomic E-state index is 9.93. The molecule has 0 amide bonds. The van der Waals surface area contributed by atoms with Crippen LogP contribution < -0.4 is 10.5 Å². The lowest BCUT2D eigenvalue weighted by molar-refractivity contribution is 0.374. The highest BCUT2D eigenvalue weighted by Crippen LogP contribution is 2.35. The molecule has 1 aromatic carbocycles. The highest BCUT2D eigenvalue weighted by molar-refractivity contribution is 6.09. The first-order chi connectivity index (χ1) is 11.2. The minimum atomic E-state index is 0.0451. The first kappa shape index (κ1) is 13.3. The summed E-state index contributed by atoms with van der Waals surface area (Å²) in [6.45, 7) is 0. The largest absolute Gasteiger partial charge is 0.504 e. The molecular formula is C16H13N5O2. The van der Waals surface area contributed by atoms with Crippen LogP contribution in [-0.4, -0.2) is 31.7 Å². The van der Waals surface area contributed by atoms with Gasteiger partial charge in [0.25, 0.3) is 0 Å². The van der Waals surface area contributed by atoms with Crippen molar-refractivity contribution in [2.24, 2.45) is 0 Å². The number of hydrogen-bond donors (Lipinski definition) is 2. The Bertz CT molecular complexity index is 1030. The molecule has 4 aromatic rings. The fourth-order valence-electron chi connectivity index (χ4n) is 2.62. The van der Waals surface area contributed by atoms with E-state index >= 15 is 0 Å². The van der Waals surface area contributed by atoms with Gasteiger partial charge in [0.05, 0.1) is 12.6 Å². The first-order valence-corrected chi connectivity index (χ1v) is 6.91. The third kappa shape index (κ3) is 2.02. The van der Waals surface area contributed by atoms with Crippen LogP contribution in [0.2, 0.25) is 0 Å². The summed E-state index contributed by atoms with van der Waals surface area (Å²) in [5, 5.41) is 12.4. The average Bonchev–Trinajstić information content (AvgIpc) is 3.08. The normalized spacial score (nSPS) is 11.2. The number of benzene rings is 1. The van der Waals surface area contributed by atoms with Gasteiger partial charge in [-0.15, -0.1) is 0 Å². The maximum absolute atomic E-state index is 9.93. The van der Waals surface area contributed by atoms with E-state index in [0.29, 0.717) is 22.9 Å². The lowest BCUT2D eigenvalue weighted by Crippen LogP contribution is -2.00. The standard InChI is InChI=1S/C16H13N5O2/c1-23-14-4-10-9-5-15(21-3-2-18-8-21)20-16(17)11(9)7-19-12(10)6-13(14)22/h2-8,22H,1H3,(H2,17,20). The minimum Gasteiger partial charge on any atom is -0.504 e. The van der Waals surface area contributed by atoms with E-state index in [4.69, 9.17) is 10.5 Å². The molecule has 0 fully saturated rings. The Hall–Kier alpha value is -3.35. The van der Waals surface area contributed by atoms with Crippen LogP contribution in [0.3, 0.4) is 0 Å². The van der Waals surface area contributed by atoms with Gasteiger partial charge in [-0.05, 0) is 12.1 Å². The number of phenols is 1. The lowest BCUT2D eigenvalue weighted by atomic mass is 10.1. The Morgan fingerprint density at radius 2 is 2.04 bits per heavy atom. The number of anilines is 1. The van der Waals surface area contributed by atoms with Crippen molar-refractivity contribution < 1.29 is 9.84 Å². The van der Waals surface area contributed by atoms with Crippen LogP contribution in [0.1, 0.15) is 0 Å². The summed E-state index contributed by atoms with van der Waals surface area (Å²) in [5.74, 6) is 1.47. The number of phenolic OH excluding ortho intramolecular Hbond substituents is 1. The Labute approximate surface area is 131 Å². The smallest absolute Gasteiger partial charge is 0.161 e. The quantitative estimate of drug-likeness (QED) is 0.551. The van der Waals surface area contributed by atoms with E-state index in [1.807, 2.05) is 6.07 Å². The average molecular weight is 307 g/mol. The molecule has 7 nitrogen and oxygen atoms in total. The summed E-state index contributed by atoms with van der Waals surface area (Å²) >= 11 is 0. The van der Waals surface area contributed by atoms with Crippen molar-refractivity contribution in [1.29, 1.82) is 0 Å². The van der Waals surface area contributed by atoms with Crippen molar-refractivity contribution in [2.45, 2.75) is 0 Å². The molecule has 3 heterocycles. The van der Waals surface area contributed by atoms with Gasteiger partial charge in [0.15, 0.2) is 11.5 Å². The number of nitrogen functional groups attached to an aromatic ring is 1. The molecule has 0 aliphatic carbocycles. The van der Waals surface area contributed by atoms with Crippen LogP contribution in [0.5, 0.6) is 11.5 Å². The molecule has 0 unspecified atom stereocenters. The second kappa shape index (κ2) is 4.84. The van der Waals surface area contributed by atoms with Crippen molar-refractivity contribution >= 4 is 27.5 Å². The second-order valence-corrected chi connectivity index (χ2v) is 5.10. The van der Waals surface area contributed by atoms with Crippen LogP contribution in [0, 0.1) is 0 Å². The van der Waals surface area contributed by atoms with Crippen molar-refractivity contribution in [2.75, 3.05) is 12.8 Å². The number of aromatic nitrogens is 4. The van der Waals surface area contributed by atoms with Gasteiger partial charge in [-0.3, -0.25) is 9.55 Å². The van der Waals surface area contributed by atoms with Gasteiger partial charge in [-0.25, -0.2) is 9.97 Å². The van der Waals surface area contributed by atoms with Gasteiger partial charge < -0.3 is 15.6 Å². The lowest BCUT2D eigenvalue weighted by Gasteiger charge is -2.10. The van der Waals surface area contributed by atoms with E-state index in [9.17, 15) is 5.11 Å². The number of methoxy groups -OCH3 is 1. The number of ether oxygens (including phenoxy) is 1. The Balaban J connectivity index is 2.11. The van der Waals surface area contributed by atoms with Crippen molar-refractivity contribution in [3.05, 3.63) is 43.1 Å². The number of nitrogens with two attached hydrogens (primary N) is 1. The zero-order valence-corrected chi connectivity index (χ0v) is 12.3. The van der Waals surface area contributed by atoms with Crippen LogP contribution in [-0.2, 0) is 0 Å². The summed E-state index contributed by atoms with van der Waals surface area (Å²) < 4.78 is 6.97. The van der Waals surface area contributed by atoms with Gasteiger partial charge in [0.2, 0.25) is 0 Å². The highest BCUT2D eigenvalue weighted by Gasteiger charge is 2.12. The molecule has 0 atom stereocenters.